The lowest BCUT2D eigenvalue weighted by molar-refractivity contribution is -0.139. The third-order valence-electron chi connectivity index (χ3n) is 4.21. The molecule has 0 saturated heterocycles. The highest BCUT2D eigenvalue weighted by Crippen LogP contribution is 2.54. The van der Waals surface area contributed by atoms with Crippen molar-refractivity contribution in [1.82, 2.24) is 9.97 Å². The predicted molar refractivity (Wildman–Crippen MR) is 80.9 cm³/mol. The van der Waals surface area contributed by atoms with Crippen molar-refractivity contribution in [2.75, 3.05) is 6.61 Å². The van der Waals surface area contributed by atoms with Crippen molar-refractivity contribution in [2.24, 2.45) is 5.92 Å². The summed E-state index contributed by atoms with van der Waals surface area (Å²) in [5, 5.41) is 9.35. The van der Waals surface area contributed by atoms with E-state index in [4.69, 9.17) is 4.74 Å². The molecule has 1 aliphatic carbocycles. The van der Waals surface area contributed by atoms with Crippen molar-refractivity contribution >= 4 is 5.97 Å². The van der Waals surface area contributed by atoms with E-state index in [2.05, 4.69) is 9.97 Å². The maximum atomic E-state index is 11.4. The summed E-state index contributed by atoms with van der Waals surface area (Å²) in [5.74, 6) is -0.718. The summed E-state index contributed by atoms with van der Waals surface area (Å²) in [6, 6.07) is 9.68. The zero-order chi connectivity index (χ0) is 15.7. The van der Waals surface area contributed by atoms with Gasteiger partial charge in [-0.1, -0.05) is 30.3 Å². The molecule has 0 spiro atoms. The number of rotatable bonds is 5. The quantitative estimate of drug-likeness (QED) is 0.918. The zero-order valence-electron chi connectivity index (χ0n) is 12.6. The molecular weight excluding hydrogens is 280 g/mol. The van der Waals surface area contributed by atoms with E-state index >= 15 is 0 Å². The number of hydrogen-bond acceptors (Lipinski definition) is 4. The summed E-state index contributed by atoms with van der Waals surface area (Å²) in [4.78, 5) is 19.9. The molecule has 1 aromatic heterocycles. The highest BCUT2D eigenvalue weighted by atomic mass is 16.5. The Hall–Kier alpha value is -2.43. The van der Waals surface area contributed by atoms with Crippen molar-refractivity contribution in [3.05, 3.63) is 53.5 Å². The van der Waals surface area contributed by atoms with E-state index in [0.717, 1.165) is 17.0 Å². The van der Waals surface area contributed by atoms with Crippen molar-refractivity contribution in [1.29, 1.82) is 0 Å². The van der Waals surface area contributed by atoms with Gasteiger partial charge in [0.15, 0.2) is 0 Å². The number of benzene rings is 1. The van der Waals surface area contributed by atoms with Gasteiger partial charge in [0.1, 0.15) is 6.61 Å². The van der Waals surface area contributed by atoms with Crippen LogP contribution in [0.2, 0.25) is 0 Å². The molecule has 114 valence electrons. The van der Waals surface area contributed by atoms with Crippen LogP contribution in [-0.4, -0.2) is 27.7 Å². The maximum absolute atomic E-state index is 11.4. The second-order valence-electron chi connectivity index (χ2n) is 5.81. The van der Waals surface area contributed by atoms with Crippen LogP contribution in [0.1, 0.15) is 23.4 Å². The number of aryl methyl sites for hydroxylation is 2. The van der Waals surface area contributed by atoms with Gasteiger partial charge >= 0.3 is 5.97 Å². The Kier molecular flexibility index (Phi) is 3.56. The lowest BCUT2D eigenvalue weighted by Crippen LogP contribution is -2.24. The Balaban J connectivity index is 1.82. The molecule has 5 heteroatoms. The summed E-state index contributed by atoms with van der Waals surface area (Å²) in [5.41, 5.74) is 2.08. The Bertz CT molecular complexity index is 702. The third kappa shape index (κ3) is 2.54. The van der Waals surface area contributed by atoms with Crippen molar-refractivity contribution in [2.45, 2.75) is 25.7 Å². The number of carbonyl (C=O) groups is 1. The minimum atomic E-state index is -0.779. The molecule has 3 rings (SSSR count). The molecule has 5 nitrogen and oxygen atoms in total. The van der Waals surface area contributed by atoms with Crippen LogP contribution < -0.4 is 4.74 Å². The number of ether oxygens (including phenoxy) is 1. The van der Waals surface area contributed by atoms with Crippen LogP contribution in [0.25, 0.3) is 0 Å². The first kappa shape index (κ1) is 14.5. The minimum absolute atomic E-state index is 0.298. The van der Waals surface area contributed by atoms with Crippen molar-refractivity contribution in [3.8, 4) is 5.88 Å². The van der Waals surface area contributed by atoms with E-state index in [-0.39, 0.29) is 0 Å². The van der Waals surface area contributed by atoms with Crippen LogP contribution in [0.4, 0.5) is 0 Å². The molecule has 1 heterocycles. The lowest BCUT2D eigenvalue weighted by Gasteiger charge is -2.18. The largest absolute Gasteiger partial charge is 0.481 e. The number of nitrogens with zero attached hydrogens (tertiary/aromatic N) is 2. The zero-order valence-corrected chi connectivity index (χ0v) is 12.6. The van der Waals surface area contributed by atoms with Crippen molar-refractivity contribution < 1.29 is 14.6 Å². The molecule has 2 aromatic rings. The Morgan fingerprint density at radius 1 is 1.36 bits per heavy atom. The number of hydrogen-bond donors (Lipinski definition) is 1. The number of carboxylic acids is 1. The smallest absolute Gasteiger partial charge is 0.307 e. The van der Waals surface area contributed by atoms with Gasteiger partial charge in [-0.25, -0.2) is 4.98 Å². The molecular formula is C17H18N2O3. The fraction of sp³-hybridized carbons (Fsp3) is 0.353. The number of aromatic nitrogens is 2. The van der Waals surface area contributed by atoms with E-state index in [9.17, 15) is 9.90 Å². The fourth-order valence-corrected chi connectivity index (χ4v) is 2.89. The Morgan fingerprint density at radius 2 is 2.09 bits per heavy atom. The fourth-order valence-electron chi connectivity index (χ4n) is 2.89. The van der Waals surface area contributed by atoms with Gasteiger partial charge in [-0.3, -0.25) is 9.78 Å². The van der Waals surface area contributed by atoms with Crippen molar-refractivity contribution in [3.63, 3.8) is 0 Å². The van der Waals surface area contributed by atoms with Crippen LogP contribution in [0, 0.1) is 19.8 Å². The monoisotopic (exact) mass is 298 g/mol. The lowest BCUT2D eigenvalue weighted by atomic mass is 9.94. The molecule has 1 N–H and O–H groups in total. The van der Waals surface area contributed by atoms with Gasteiger partial charge in [0, 0.05) is 5.41 Å². The molecule has 0 unspecified atom stereocenters. The van der Waals surface area contributed by atoms with Crippen LogP contribution in [-0.2, 0) is 10.2 Å². The Labute approximate surface area is 129 Å². The van der Waals surface area contributed by atoms with Gasteiger partial charge in [-0.05, 0) is 25.8 Å². The van der Waals surface area contributed by atoms with E-state index < -0.39 is 17.3 Å². The van der Waals surface area contributed by atoms with Crippen LogP contribution in [0.5, 0.6) is 5.88 Å². The van der Waals surface area contributed by atoms with Crippen LogP contribution in [0.3, 0.4) is 0 Å². The SMILES string of the molecule is Cc1cnc(OC[C@@]2(c3ccccc3)C[C@H]2C(=O)O)c(C)n1. The van der Waals surface area contributed by atoms with Gasteiger partial charge in [0.05, 0.1) is 23.5 Å². The first-order chi connectivity index (χ1) is 10.5. The molecule has 0 amide bonds. The summed E-state index contributed by atoms with van der Waals surface area (Å²) in [6.07, 6.45) is 2.24. The van der Waals surface area contributed by atoms with E-state index in [1.807, 2.05) is 44.2 Å². The summed E-state index contributed by atoms with van der Waals surface area (Å²) in [7, 11) is 0. The average molecular weight is 298 g/mol. The van der Waals surface area contributed by atoms with Gasteiger partial charge in [0.2, 0.25) is 5.88 Å². The number of aliphatic carboxylic acids is 1. The molecule has 1 fully saturated rings. The molecule has 1 saturated carbocycles. The molecule has 0 aliphatic heterocycles. The normalized spacial score (nSPS) is 23.1. The van der Waals surface area contributed by atoms with E-state index in [1.165, 1.54) is 0 Å². The average Bonchev–Trinajstić information content (AvgIpc) is 3.24. The molecule has 1 aliphatic rings. The van der Waals surface area contributed by atoms with Gasteiger partial charge < -0.3 is 9.84 Å². The first-order valence-electron chi connectivity index (χ1n) is 7.24. The summed E-state index contributed by atoms with van der Waals surface area (Å²) < 4.78 is 5.82. The highest BCUT2D eigenvalue weighted by Gasteiger charge is 2.60. The molecule has 0 bridgehead atoms. The highest BCUT2D eigenvalue weighted by molar-refractivity contribution is 5.77. The standard InChI is InChI=1S/C17H18N2O3/c1-11-9-18-15(12(2)19-11)22-10-17(8-14(17)16(20)21)13-6-4-3-5-7-13/h3-7,9,14H,8,10H2,1-2H3,(H,20,21)/t14-,17+/m0/s1. The van der Waals surface area contributed by atoms with E-state index in [1.54, 1.807) is 6.20 Å². The molecule has 2 atom stereocenters. The second-order valence-corrected chi connectivity index (χ2v) is 5.81. The molecule has 22 heavy (non-hydrogen) atoms. The predicted octanol–water partition coefficient (Wildman–Crippen LogP) is 2.51. The molecule has 1 aromatic carbocycles. The van der Waals surface area contributed by atoms with Gasteiger partial charge in [-0.15, -0.1) is 0 Å². The molecule has 0 radical (unpaired) electrons. The van der Waals surface area contributed by atoms with Crippen LogP contribution >= 0.6 is 0 Å². The third-order valence-corrected chi connectivity index (χ3v) is 4.21. The van der Waals surface area contributed by atoms with Gasteiger partial charge in [-0.2, -0.15) is 0 Å². The summed E-state index contributed by atoms with van der Waals surface area (Å²) in [6.45, 7) is 4.01. The first-order valence-corrected chi connectivity index (χ1v) is 7.24. The second kappa shape index (κ2) is 5.40. The number of carboxylic acid groups (broad SMARTS) is 1. The topological polar surface area (TPSA) is 72.3 Å². The van der Waals surface area contributed by atoms with Gasteiger partial charge in [0.25, 0.3) is 0 Å². The Morgan fingerprint density at radius 3 is 2.68 bits per heavy atom. The summed E-state index contributed by atoms with van der Waals surface area (Å²) >= 11 is 0. The van der Waals surface area contributed by atoms with Crippen LogP contribution in [0.15, 0.2) is 36.5 Å². The maximum Gasteiger partial charge on any atom is 0.307 e. The minimum Gasteiger partial charge on any atom is -0.481 e. The van der Waals surface area contributed by atoms with E-state index in [0.29, 0.717) is 18.9 Å².